The van der Waals surface area contributed by atoms with Gasteiger partial charge in [0.25, 0.3) is 0 Å². The van der Waals surface area contributed by atoms with E-state index in [-0.39, 0.29) is 20.1 Å². The molecule has 11 heteroatoms. The van der Waals surface area contributed by atoms with Crippen molar-refractivity contribution in [2.24, 2.45) is 0 Å². The van der Waals surface area contributed by atoms with E-state index in [1.807, 2.05) is 0 Å². The SMILES string of the molecule is Cc1nc(CN(C)S(=O)(=O)c2cc(C(=O)O)sc2Br)n[nH]1. The largest absolute Gasteiger partial charge is 0.477 e. The minimum Gasteiger partial charge on any atom is -0.477 e. The van der Waals surface area contributed by atoms with Gasteiger partial charge in [0, 0.05) is 7.05 Å². The zero-order chi connectivity index (χ0) is 15.8. The topological polar surface area (TPSA) is 116 Å². The van der Waals surface area contributed by atoms with E-state index in [9.17, 15) is 13.2 Å². The van der Waals surface area contributed by atoms with Crippen molar-refractivity contribution in [3.63, 3.8) is 0 Å². The van der Waals surface area contributed by atoms with E-state index in [1.165, 1.54) is 7.05 Å². The maximum absolute atomic E-state index is 12.4. The fourth-order valence-electron chi connectivity index (χ4n) is 1.55. The number of carboxylic acids is 1. The second kappa shape index (κ2) is 5.83. The third-order valence-electron chi connectivity index (χ3n) is 2.56. The summed E-state index contributed by atoms with van der Waals surface area (Å²) in [5.74, 6) is -0.251. The Morgan fingerprint density at radius 2 is 2.24 bits per heavy atom. The van der Waals surface area contributed by atoms with Gasteiger partial charge in [-0.15, -0.1) is 11.3 Å². The number of halogens is 1. The van der Waals surface area contributed by atoms with Gasteiger partial charge in [-0.2, -0.15) is 9.40 Å². The van der Waals surface area contributed by atoms with Gasteiger partial charge in [0.05, 0.1) is 10.3 Å². The van der Waals surface area contributed by atoms with Crippen LogP contribution in [0.4, 0.5) is 0 Å². The molecule has 0 aliphatic carbocycles. The molecule has 2 rings (SSSR count). The first kappa shape index (κ1) is 16.1. The number of rotatable bonds is 5. The Labute approximate surface area is 133 Å². The molecule has 0 aliphatic rings. The molecule has 2 aromatic rings. The maximum atomic E-state index is 12.4. The molecule has 21 heavy (non-hydrogen) atoms. The number of carboxylic acid groups (broad SMARTS) is 1. The first-order valence-electron chi connectivity index (χ1n) is 5.58. The van der Waals surface area contributed by atoms with E-state index in [2.05, 4.69) is 31.1 Å². The lowest BCUT2D eigenvalue weighted by atomic mass is 10.5. The molecule has 0 saturated carbocycles. The van der Waals surface area contributed by atoms with Crippen LogP contribution in [0.3, 0.4) is 0 Å². The lowest BCUT2D eigenvalue weighted by Crippen LogP contribution is -2.27. The van der Waals surface area contributed by atoms with Crippen LogP contribution in [-0.4, -0.2) is 46.0 Å². The van der Waals surface area contributed by atoms with Crippen LogP contribution in [0.5, 0.6) is 0 Å². The second-order valence-corrected chi connectivity index (χ2v) is 8.54. The van der Waals surface area contributed by atoms with Crippen LogP contribution in [0, 0.1) is 6.92 Å². The fraction of sp³-hybridized carbons (Fsp3) is 0.300. The van der Waals surface area contributed by atoms with Crippen molar-refractivity contribution in [2.45, 2.75) is 18.4 Å². The highest BCUT2D eigenvalue weighted by molar-refractivity contribution is 9.11. The Hall–Kier alpha value is -1.30. The predicted molar refractivity (Wildman–Crippen MR) is 78.8 cm³/mol. The van der Waals surface area contributed by atoms with Crippen LogP contribution in [0.2, 0.25) is 0 Å². The summed E-state index contributed by atoms with van der Waals surface area (Å²) in [6.45, 7) is 1.69. The molecule has 0 fully saturated rings. The number of H-pyrrole nitrogens is 1. The average molecular weight is 395 g/mol. The summed E-state index contributed by atoms with van der Waals surface area (Å²) < 4.78 is 26.2. The smallest absolute Gasteiger partial charge is 0.345 e. The number of aryl methyl sites for hydroxylation is 1. The molecule has 2 N–H and O–H groups in total. The maximum Gasteiger partial charge on any atom is 0.345 e. The van der Waals surface area contributed by atoms with E-state index in [0.29, 0.717) is 11.6 Å². The van der Waals surface area contributed by atoms with Crippen LogP contribution in [-0.2, 0) is 16.6 Å². The molecule has 0 bridgehead atoms. The molecule has 114 valence electrons. The second-order valence-electron chi connectivity index (χ2n) is 4.15. The van der Waals surface area contributed by atoms with E-state index in [1.54, 1.807) is 6.92 Å². The monoisotopic (exact) mass is 394 g/mol. The Morgan fingerprint density at radius 3 is 2.71 bits per heavy atom. The number of hydrogen-bond donors (Lipinski definition) is 2. The molecular formula is C10H11BrN4O4S2. The highest BCUT2D eigenvalue weighted by Gasteiger charge is 2.28. The first-order valence-corrected chi connectivity index (χ1v) is 8.63. The molecule has 0 amide bonds. The van der Waals surface area contributed by atoms with Gasteiger partial charge in [0.1, 0.15) is 15.6 Å². The summed E-state index contributed by atoms with van der Waals surface area (Å²) in [4.78, 5) is 14.8. The van der Waals surface area contributed by atoms with Gasteiger partial charge in [-0.05, 0) is 28.9 Å². The zero-order valence-corrected chi connectivity index (χ0v) is 14.2. The summed E-state index contributed by atoms with van der Waals surface area (Å²) in [6.07, 6.45) is 0. The molecule has 2 heterocycles. The van der Waals surface area contributed by atoms with Gasteiger partial charge >= 0.3 is 5.97 Å². The Morgan fingerprint density at radius 1 is 1.57 bits per heavy atom. The Balaban J connectivity index is 2.30. The lowest BCUT2D eigenvalue weighted by Gasteiger charge is -2.14. The molecule has 0 aliphatic heterocycles. The number of hydrogen-bond acceptors (Lipinski definition) is 6. The molecule has 0 atom stereocenters. The molecule has 0 spiro atoms. The van der Waals surface area contributed by atoms with E-state index < -0.39 is 16.0 Å². The third-order valence-corrected chi connectivity index (χ3v) is 6.61. The van der Waals surface area contributed by atoms with E-state index >= 15 is 0 Å². The Bertz CT molecular complexity index is 783. The normalized spacial score (nSPS) is 12.0. The van der Waals surface area contributed by atoms with Crippen molar-refractivity contribution in [3.05, 3.63) is 26.4 Å². The van der Waals surface area contributed by atoms with Crippen molar-refractivity contribution in [1.82, 2.24) is 19.5 Å². The van der Waals surface area contributed by atoms with Crippen molar-refractivity contribution in [3.8, 4) is 0 Å². The summed E-state index contributed by atoms with van der Waals surface area (Å²) in [7, 11) is -2.45. The Kier molecular flexibility index (Phi) is 4.46. The highest BCUT2D eigenvalue weighted by Crippen LogP contribution is 2.33. The van der Waals surface area contributed by atoms with Gasteiger partial charge in [-0.1, -0.05) is 0 Å². The van der Waals surface area contributed by atoms with Crippen LogP contribution >= 0.6 is 27.3 Å². The van der Waals surface area contributed by atoms with Crippen molar-refractivity contribution >= 4 is 43.3 Å². The molecule has 8 nitrogen and oxygen atoms in total. The minimum absolute atomic E-state index is 0.0165. The first-order chi connectivity index (χ1) is 9.71. The molecule has 0 saturated heterocycles. The summed E-state index contributed by atoms with van der Waals surface area (Å²) in [5, 5.41) is 15.4. The van der Waals surface area contributed by atoms with Crippen LogP contribution in [0.15, 0.2) is 14.7 Å². The van der Waals surface area contributed by atoms with Gasteiger partial charge in [-0.3, -0.25) is 5.10 Å². The summed E-state index contributed by atoms with van der Waals surface area (Å²) in [6, 6.07) is 1.13. The standard InChI is InChI=1S/C10H11BrN4O4S2/c1-5-12-8(14-13-5)4-15(2)21(18,19)7-3-6(10(16)17)20-9(7)11/h3H,4H2,1-2H3,(H,16,17)(H,12,13,14). The minimum atomic E-state index is -3.83. The van der Waals surface area contributed by atoms with Crippen molar-refractivity contribution in [1.29, 1.82) is 0 Å². The molecule has 0 radical (unpaired) electrons. The molecular weight excluding hydrogens is 384 g/mol. The summed E-state index contributed by atoms with van der Waals surface area (Å²) in [5.41, 5.74) is 0. The number of aromatic nitrogens is 3. The third kappa shape index (κ3) is 3.31. The average Bonchev–Trinajstić information content (AvgIpc) is 2.96. The van der Waals surface area contributed by atoms with Crippen molar-refractivity contribution < 1.29 is 18.3 Å². The van der Waals surface area contributed by atoms with Crippen LogP contribution < -0.4 is 0 Å². The van der Waals surface area contributed by atoms with Gasteiger partial charge in [0.2, 0.25) is 10.0 Å². The predicted octanol–water partition coefficient (Wildman–Crippen LogP) is 1.46. The molecule has 0 unspecified atom stereocenters. The number of aromatic carboxylic acids is 1. The van der Waals surface area contributed by atoms with Crippen LogP contribution in [0.25, 0.3) is 0 Å². The van der Waals surface area contributed by atoms with Crippen molar-refractivity contribution in [2.75, 3.05) is 7.05 Å². The number of nitrogens with one attached hydrogen (secondary N) is 1. The highest BCUT2D eigenvalue weighted by atomic mass is 79.9. The van der Waals surface area contributed by atoms with Gasteiger partial charge < -0.3 is 5.11 Å². The number of aromatic amines is 1. The number of thiophene rings is 1. The lowest BCUT2D eigenvalue weighted by molar-refractivity contribution is 0.0702. The molecule has 2 aromatic heterocycles. The fourth-order valence-corrected chi connectivity index (χ4v) is 5.02. The summed E-state index contributed by atoms with van der Waals surface area (Å²) >= 11 is 3.94. The quantitative estimate of drug-likeness (QED) is 0.792. The number of sulfonamides is 1. The van der Waals surface area contributed by atoms with Gasteiger partial charge in [0.15, 0.2) is 5.82 Å². The zero-order valence-electron chi connectivity index (χ0n) is 11.0. The van der Waals surface area contributed by atoms with E-state index in [4.69, 9.17) is 5.11 Å². The number of nitrogens with zero attached hydrogens (tertiary/aromatic N) is 3. The molecule has 0 aromatic carbocycles. The van der Waals surface area contributed by atoms with Gasteiger partial charge in [-0.25, -0.2) is 18.2 Å². The van der Waals surface area contributed by atoms with E-state index in [0.717, 1.165) is 21.7 Å². The van der Waals surface area contributed by atoms with Crippen LogP contribution in [0.1, 0.15) is 21.3 Å². The number of carbonyl (C=O) groups is 1.